The quantitative estimate of drug-likeness (QED) is 0.468. The first-order chi connectivity index (χ1) is 15.5. The number of para-hydroxylation sites is 1. The van der Waals surface area contributed by atoms with Crippen LogP contribution in [0.5, 0.6) is 5.75 Å². The average molecular weight is 449 g/mol. The molecule has 2 amide bonds. The van der Waals surface area contributed by atoms with Crippen LogP contribution in [0, 0.1) is 6.92 Å². The van der Waals surface area contributed by atoms with Crippen molar-refractivity contribution in [3.05, 3.63) is 87.6 Å². The van der Waals surface area contributed by atoms with Gasteiger partial charge in [0.25, 0.3) is 5.91 Å². The Kier molecular flexibility index (Phi) is 6.90. The van der Waals surface area contributed by atoms with Crippen LogP contribution in [0.1, 0.15) is 38.5 Å². The van der Waals surface area contributed by atoms with Crippen LogP contribution in [0.4, 0.5) is 0 Å². The summed E-state index contributed by atoms with van der Waals surface area (Å²) in [6.07, 6.45) is 1.86. The number of carbonyl (C=O) groups is 2. The minimum Gasteiger partial charge on any atom is -0.496 e. The number of nitrogens with zero attached hydrogens (tertiary/aromatic N) is 2. The molecule has 6 heteroatoms. The van der Waals surface area contributed by atoms with Gasteiger partial charge in [-0.05, 0) is 49.6 Å². The first-order valence-corrected chi connectivity index (χ1v) is 11.7. The second-order valence-electron chi connectivity index (χ2n) is 8.11. The summed E-state index contributed by atoms with van der Waals surface area (Å²) in [4.78, 5) is 32.8. The highest BCUT2D eigenvalue weighted by molar-refractivity contribution is 7.11. The lowest BCUT2D eigenvalue weighted by Crippen LogP contribution is -2.43. The van der Waals surface area contributed by atoms with E-state index < -0.39 is 0 Å². The van der Waals surface area contributed by atoms with Crippen molar-refractivity contribution < 1.29 is 14.3 Å². The summed E-state index contributed by atoms with van der Waals surface area (Å²) in [5.41, 5.74) is 1.57. The lowest BCUT2D eigenvalue weighted by atomic mass is 10.1. The molecular weight excluding hydrogens is 420 g/mol. The highest BCUT2D eigenvalue weighted by Gasteiger charge is 2.36. The van der Waals surface area contributed by atoms with Gasteiger partial charge in [0, 0.05) is 22.3 Å². The number of thiophene rings is 1. The van der Waals surface area contributed by atoms with Crippen molar-refractivity contribution in [3.63, 3.8) is 0 Å². The van der Waals surface area contributed by atoms with Gasteiger partial charge in [-0.2, -0.15) is 0 Å². The molecule has 32 heavy (non-hydrogen) atoms. The minimum atomic E-state index is -0.148. The van der Waals surface area contributed by atoms with Gasteiger partial charge in [-0.3, -0.25) is 9.59 Å². The van der Waals surface area contributed by atoms with Gasteiger partial charge < -0.3 is 14.5 Å². The third kappa shape index (κ3) is 5.37. The van der Waals surface area contributed by atoms with Crippen molar-refractivity contribution >= 4 is 23.2 Å². The maximum atomic E-state index is 13.5. The molecule has 0 radical (unpaired) electrons. The Hall–Kier alpha value is -3.12. The molecule has 0 atom stereocenters. The standard InChI is InChI=1S/C26H28N2O3S/c1-19-12-15-22(32-19)17-27(16-20-8-4-3-5-9-20)25(29)18-28(21-13-14-21)26(30)23-10-6-7-11-24(23)31-2/h3-12,15,21H,13-14,16-18H2,1-2H3. The molecule has 0 N–H and O–H groups in total. The van der Waals surface area contributed by atoms with E-state index in [-0.39, 0.29) is 24.4 Å². The van der Waals surface area contributed by atoms with Crippen molar-refractivity contribution in [1.29, 1.82) is 0 Å². The highest BCUT2D eigenvalue weighted by atomic mass is 32.1. The predicted molar refractivity (Wildman–Crippen MR) is 127 cm³/mol. The summed E-state index contributed by atoms with van der Waals surface area (Å²) in [7, 11) is 1.56. The third-order valence-corrected chi connectivity index (χ3v) is 6.59. The molecule has 0 unspecified atom stereocenters. The number of hydrogen-bond donors (Lipinski definition) is 0. The summed E-state index contributed by atoms with van der Waals surface area (Å²) in [6, 6.07) is 21.4. The fourth-order valence-electron chi connectivity index (χ4n) is 3.77. The number of carbonyl (C=O) groups excluding carboxylic acids is 2. The molecule has 4 rings (SSSR count). The number of benzene rings is 2. The molecule has 3 aromatic rings. The van der Waals surface area contributed by atoms with E-state index in [1.807, 2.05) is 47.4 Å². The molecule has 1 fully saturated rings. The maximum absolute atomic E-state index is 13.5. The van der Waals surface area contributed by atoms with Gasteiger partial charge in [-0.15, -0.1) is 11.3 Å². The number of rotatable bonds is 9. The van der Waals surface area contributed by atoms with E-state index in [1.165, 1.54) is 4.88 Å². The van der Waals surface area contributed by atoms with E-state index in [1.54, 1.807) is 35.5 Å². The fraction of sp³-hybridized carbons (Fsp3) is 0.308. The minimum absolute atomic E-state index is 0.0462. The summed E-state index contributed by atoms with van der Waals surface area (Å²) < 4.78 is 5.39. The van der Waals surface area contributed by atoms with Crippen molar-refractivity contribution in [2.45, 2.75) is 38.9 Å². The van der Waals surface area contributed by atoms with Crippen molar-refractivity contribution in [2.75, 3.05) is 13.7 Å². The van der Waals surface area contributed by atoms with Crippen LogP contribution in [-0.2, 0) is 17.9 Å². The molecule has 0 saturated heterocycles. The van der Waals surface area contributed by atoms with Gasteiger partial charge in [0.15, 0.2) is 0 Å². The number of aryl methyl sites for hydroxylation is 1. The first kappa shape index (κ1) is 22.1. The third-order valence-electron chi connectivity index (χ3n) is 5.60. The second-order valence-corrected chi connectivity index (χ2v) is 9.48. The van der Waals surface area contributed by atoms with Crippen LogP contribution in [0.2, 0.25) is 0 Å². The zero-order valence-electron chi connectivity index (χ0n) is 18.5. The molecular formula is C26H28N2O3S. The smallest absolute Gasteiger partial charge is 0.258 e. The number of ether oxygens (including phenoxy) is 1. The van der Waals surface area contributed by atoms with E-state index in [0.29, 0.717) is 24.4 Å². The van der Waals surface area contributed by atoms with E-state index in [0.717, 1.165) is 23.3 Å². The lowest BCUT2D eigenvalue weighted by Gasteiger charge is -2.28. The number of methoxy groups -OCH3 is 1. The van der Waals surface area contributed by atoms with Gasteiger partial charge in [0.1, 0.15) is 12.3 Å². The van der Waals surface area contributed by atoms with Gasteiger partial charge in [-0.25, -0.2) is 0 Å². The number of amides is 2. The van der Waals surface area contributed by atoms with Gasteiger partial charge in [0.05, 0.1) is 19.2 Å². The summed E-state index contributed by atoms with van der Waals surface area (Å²) in [5, 5.41) is 0. The van der Waals surface area contributed by atoms with E-state index in [9.17, 15) is 9.59 Å². The molecule has 5 nitrogen and oxygen atoms in total. The SMILES string of the molecule is COc1ccccc1C(=O)N(CC(=O)N(Cc1ccccc1)Cc1ccc(C)s1)C1CC1. The summed E-state index contributed by atoms with van der Waals surface area (Å²) >= 11 is 1.70. The summed E-state index contributed by atoms with van der Waals surface area (Å²) in [5.74, 6) is 0.339. The summed E-state index contributed by atoms with van der Waals surface area (Å²) in [6.45, 7) is 3.18. The number of hydrogen-bond acceptors (Lipinski definition) is 4. The van der Waals surface area contributed by atoms with Crippen LogP contribution >= 0.6 is 11.3 Å². The monoisotopic (exact) mass is 448 g/mol. The average Bonchev–Trinajstić information content (AvgIpc) is 3.58. The Bertz CT molecular complexity index is 1080. The van der Waals surface area contributed by atoms with Crippen LogP contribution < -0.4 is 4.74 Å². The molecule has 0 spiro atoms. The highest BCUT2D eigenvalue weighted by Crippen LogP contribution is 2.30. The van der Waals surface area contributed by atoms with Crippen LogP contribution in [0.25, 0.3) is 0 Å². The van der Waals surface area contributed by atoms with Crippen LogP contribution in [-0.4, -0.2) is 41.3 Å². The lowest BCUT2D eigenvalue weighted by molar-refractivity contribution is -0.133. The molecule has 2 aromatic carbocycles. The van der Waals surface area contributed by atoms with Crippen molar-refractivity contribution in [3.8, 4) is 5.75 Å². The van der Waals surface area contributed by atoms with Crippen molar-refractivity contribution in [2.24, 2.45) is 0 Å². The Balaban J connectivity index is 1.55. The zero-order valence-corrected chi connectivity index (χ0v) is 19.3. The molecule has 1 aliphatic rings. The molecule has 0 bridgehead atoms. The van der Waals surface area contributed by atoms with Crippen LogP contribution in [0.15, 0.2) is 66.7 Å². The molecule has 166 valence electrons. The largest absolute Gasteiger partial charge is 0.496 e. The van der Waals surface area contributed by atoms with Gasteiger partial charge >= 0.3 is 0 Å². The molecule has 0 aliphatic heterocycles. The Morgan fingerprint density at radius 3 is 2.34 bits per heavy atom. The van der Waals surface area contributed by atoms with E-state index >= 15 is 0 Å². The maximum Gasteiger partial charge on any atom is 0.258 e. The molecule has 1 aliphatic carbocycles. The normalized spacial score (nSPS) is 12.9. The van der Waals surface area contributed by atoms with Gasteiger partial charge in [0.2, 0.25) is 5.91 Å². The predicted octanol–water partition coefficient (Wildman–Crippen LogP) is 4.90. The first-order valence-electron chi connectivity index (χ1n) is 10.9. The second kappa shape index (κ2) is 10.0. The van der Waals surface area contributed by atoms with Crippen molar-refractivity contribution in [1.82, 2.24) is 9.80 Å². The fourth-order valence-corrected chi connectivity index (χ4v) is 4.68. The Labute approximate surface area is 193 Å². The Morgan fingerprint density at radius 2 is 1.69 bits per heavy atom. The van der Waals surface area contributed by atoms with Crippen LogP contribution in [0.3, 0.4) is 0 Å². The van der Waals surface area contributed by atoms with E-state index in [2.05, 4.69) is 19.1 Å². The van der Waals surface area contributed by atoms with E-state index in [4.69, 9.17) is 4.74 Å². The molecule has 1 aromatic heterocycles. The Morgan fingerprint density at radius 1 is 0.969 bits per heavy atom. The van der Waals surface area contributed by atoms with Gasteiger partial charge in [-0.1, -0.05) is 42.5 Å². The zero-order chi connectivity index (χ0) is 22.5. The molecule has 1 saturated carbocycles. The topological polar surface area (TPSA) is 49.9 Å². The molecule has 1 heterocycles.